The molecule has 3 heterocycles. The Morgan fingerprint density at radius 3 is 1.86 bits per heavy atom. The summed E-state index contributed by atoms with van der Waals surface area (Å²) in [5, 5.41) is 6.05. The molecule has 0 spiro atoms. The average molecular weight is 567 g/mol. The summed E-state index contributed by atoms with van der Waals surface area (Å²) < 4.78 is 17.5. The number of nitrogens with zero attached hydrogens (tertiary/aromatic N) is 4. The van der Waals surface area contributed by atoms with Gasteiger partial charge in [0.2, 0.25) is 0 Å². The number of hydrogen-bond acceptors (Lipinski definition) is 4. The van der Waals surface area contributed by atoms with E-state index in [1.54, 1.807) is 6.07 Å². The van der Waals surface area contributed by atoms with Gasteiger partial charge in [0.05, 0.1) is 11.1 Å². The van der Waals surface area contributed by atoms with Gasteiger partial charge >= 0.3 is 0 Å². The molecule has 4 aromatic carbocycles. The van der Waals surface area contributed by atoms with Crippen molar-refractivity contribution in [2.24, 2.45) is 0 Å². The van der Waals surface area contributed by atoms with Crippen LogP contribution in [-0.4, -0.2) is 34.1 Å². The van der Waals surface area contributed by atoms with Crippen LogP contribution in [0.5, 0.6) is 0 Å². The van der Waals surface area contributed by atoms with Gasteiger partial charge in [-0.05, 0) is 54.2 Å². The molecule has 2 aromatic heterocycles. The van der Waals surface area contributed by atoms with Crippen molar-refractivity contribution >= 4 is 23.0 Å². The molecule has 0 atom stereocenters. The number of anilines is 1. The highest BCUT2D eigenvalue weighted by Crippen LogP contribution is 2.44. The van der Waals surface area contributed by atoms with Crippen molar-refractivity contribution in [1.82, 2.24) is 14.8 Å². The zero-order valence-electron chi connectivity index (χ0n) is 23.7. The molecular formula is C37H31FN4O. The number of aldehydes is 1. The van der Waals surface area contributed by atoms with Gasteiger partial charge in [0.25, 0.3) is 0 Å². The molecule has 0 N–H and O–H groups in total. The number of benzene rings is 4. The van der Waals surface area contributed by atoms with Crippen molar-refractivity contribution < 1.29 is 9.18 Å². The summed E-state index contributed by atoms with van der Waals surface area (Å²) in [6.45, 7) is 1.93. The largest absolute Gasteiger partial charge is 0.357 e. The molecule has 0 unspecified atom stereocenters. The van der Waals surface area contributed by atoms with Crippen LogP contribution in [0.15, 0.2) is 121 Å². The first-order valence-electron chi connectivity index (χ1n) is 14.8. The fourth-order valence-electron chi connectivity index (χ4n) is 6.48. The quantitative estimate of drug-likeness (QED) is 0.146. The highest BCUT2D eigenvalue weighted by molar-refractivity contribution is 5.97. The normalized spacial score (nSPS) is 13.7. The summed E-state index contributed by atoms with van der Waals surface area (Å²) in [4.78, 5) is 19.0. The van der Waals surface area contributed by atoms with Crippen LogP contribution in [0.2, 0.25) is 0 Å². The highest BCUT2D eigenvalue weighted by atomic mass is 19.1. The standard InChI is InChI=1S/C37H31FN4O/c38-33-25-34-32(23-28(33)26-43)36(27-19-20-39-35(24-27)41-21-11-4-12-22-41)40-42(34)37(29-13-5-1-6-14-29,30-15-7-2-8-16-30)31-17-9-3-10-18-31/h1-3,5-10,13-20,23-26H,4,11-12,21-22H2. The van der Waals surface area contributed by atoms with E-state index in [4.69, 9.17) is 5.10 Å². The minimum Gasteiger partial charge on any atom is -0.357 e. The van der Waals surface area contributed by atoms with Crippen molar-refractivity contribution in [2.75, 3.05) is 18.0 Å². The van der Waals surface area contributed by atoms with Crippen LogP contribution in [0.3, 0.4) is 0 Å². The SMILES string of the molecule is O=Cc1cc2c(-c3ccnc(N4CCCCC4)c3)nn(C(c3ccccc3)(c3ccccc3)c3ccccc3)c2cc1F. The van der Waals surface area contributed by atoms with Gasteiger partial charge in [-0.25, -0.2) is 14.1 Å². The Bertz CT molecular complexity index is 1780. The first-order valence-corrected chi connectivity index (χ1v) is 14.8. The predicted molar refractivity (Wildman–Crippen MR) is 169 cm³/mol. The molecule has 1 saturated heterocycles. The first kappa shape index (κ1) is 26.8. The Kier molecular flexibility index (Phi) is 7.03. The maximum atomic E-state index is 15.5. The van der Waals surface area contributed by atoms with Crippen LogP contribution >= 0.6 is 0 Å². The molecule has 1 aliphatic heterocycles. The van der Waals surface area contributed by atoms with E-state index < -0.39 is 11.4 Å². The Morgan fingerprint density at radius 1 is 0.721 bits per heavy atom. The number of pyridine rings is 1. The molecule has 7 rings (SSSR count). The average Bonchev–Trinajstić information content (AvgIpc) is 3.45. The second-order valence-corrected chi connectivity index (χ2v) is 11.0. The van der Waals surface area contributed by atoms with Crippen molar-refractivity contribution in [2.45, 2.75) is 24.8 Å². The van der Waals surface area contributed by atoms with Gasteiger partial charge in [0.1, 0.15) is 22.9 Å². The number of rotatable bonds is 7. The topological polar surface area (TPSA) is 51.0 Å². The number of fused-ring (bicyclic) bond motifs is 1. The van der Waals surface area contributed by atoms with E-state index in [1.165, 1.54) is 12.5 Å². The summed E-state index contributed by atoms with van der Waals surface area (Å²) in [7, 11) is 0. The van der Waals surface area contributed by atoms with Crippen LogP contribution < -0.4 is 4.90 Å². The summed E-state index contributed by atoms with van der Waals surface area (Å²) in [6.07, 6.45) is 5.89. The lowest BCUT2D eigenvalue weighted by molar-refractivity contribution is 0.112. The second-order valence-electron chi connectivity index (χ2n) is 11.0. The van der Waals surface area contributed by atoms with Gasteiger partial charge in [-0.3, -0.25) is 4.79 Å². The molecule has 1 fully saturated rings. The maximum absolute atomic E-state index is 15.5. The Balaban J connectivity index is 1.58. The molecular weight excluding hydrogens is 535 g/mol. The number of hydrogen-bond donors (Lipinski definition) is 0. The lowest BCUT2D eigenvalue weighted by Crippen LogP contribution is -2.38. The number of piperidine rings is 1. The molecule has 0 radical (unpaired) electrons. The highest BCUT2D eigenvalue weighted by Gasteiger charge is 2.41. The monoisotopic (exact) mass is 566 g/mol. The van der Waals surface area contributed by atoms with Gasteiger partial charge in [0.15, 0.2) is 6.29 Å². The lowest BCUT2D eigenvalue weighted by atomic mass is 9.77. The number of halogens is 1. The summed E-state index contributed by atoms with van der Waals surface area (Å²) in [5.74, 6) is 0.320. The number of aromatic nitrogens is 3. The van der Waals surface area contributed by atoms with E-state index in [0.717, 1.165) is 54.0 Å². The van der Waals surface area contributed by atoms with Crippen LogP contribution in [-0.2, 0) is 5.54 Å². The molecule has 5 nitrogen and oxygen atoms in total. The third-order valence-corrected chi connectivity index (χ3v) is 8.52. The molecule has 0 bridgehead atoms. The van der Waals surface area contributed by atoms with E-state index in [2.05, 4.69) is 52.3 Å². The van der Waals surface area contributed by atoms with E-state index >= 15 is 4.39 Å². The molecule has 6 aromatic rings. The fourth-order valence-corrected chi connectivity index (χ4v) is 6.48. The zero-order chi connectivity index (χ0) is 29.2. The van der Waals surface area contributed by atoms with Crippen molar-refractivity contribution in [3.63, 3.8) is 0 Å². The summed E-state index contributed by atoms with van der Waals surface area (Å²) in [5.41, 5.74) is 4.12. The fraction of sp³-hybridized carbons (Fsp3) is 0.162. The molecule has 1 aliphatic rings. The molecule has 6 heteroatoms. The smallest absolute Gasteiger partial charge is 0.153 e. The number of carbonyl (C=O) groups excluding carboxylic acids is 1. The van der Waals surface area contributed by atoms with Gasteiger partial charge in [-0.2, -0.15) is 5.10 Å². The molecule has 0 saturated carbocycles. The zero-order valence-corrected chi connectivity index (χ0v) is 23.7. The van der Waals surface area contributed by atoms with Crippen LogP contribution in [0.4, 0.5) is 10.2 Å². The molecule has 43 heavy (non-hydrogen) atoms. The van der Waals surface area contributed by atoms with Crippen LogP contribution in [0.1, 0.15) is 46.3 Å². The van der Waals surface area contributed by atoms with Crippen molar-refractivity contribution in [3.05, 3.63) is 150 Å². The van der Waals surface area contributed by atoms with Gasteiger partial charge < -0.3 is 4.90 Å². The van der Waals surface area contributed by atoms with E-state index in [9.17, 15) is 4.79 Å². The van der Waals surface area contributed by atoms with Crippen LogP contribution in [0, 0.1) is 5.82 Å². The number of carbonyl (C=O) groups is 1. The first-order chi connectivity index (χ1) is 21.2. The maximum Gasteiger partial charge on any atom is 0.153 e. The van der Waals surface area contributed by atoms with Gasteiger partial charge in [-0.15, -0.1) is 0 Å². The van der Waals surface area contributed by atoms with Crippen molar-refractivity contribution in [3.8, 4) is 11.3 Å². The minimum atomic E-state index is -0.946. The van der Waals surface area contributed by atoms with E-state index in [1.807, 2.05) is 71.5 Å². The summed E-state index contributed by atoms with van der Waals surface area (Å²) >= 11 is 0. The summed E-state index contributed by atoms with van der Waals surface area (Å²) in [6, 6.07) is 37.7. The molecule has 0 aliphatic carbocycles. The van der Waals surface area contributed by atoms with E-state index in [0.29, 0.717) is 22.9 Å². The second kappa shape index (κ2) is 11.3. The lowest BCUT2D eigenvalue weighted by Gasteiger charge is -2.37. The minimum absolute atomic E-state index is 0.00310. The van der Waals surface area contributed by atoms with Gasteiger partial charge in [0, 0.05) is 36.3 Å². The van der Waals surface area contributed by atoms with Crippen molar-refractivity contribution in [1.29, 1.82) is 0 Å². The van der Waals surface area contributed by atoms with Crippen LogP contribution in [0.25, 0.3) is 22.2 Å². The van der Waals surface area contributed by atoms with Gasteiger partial charge in [-0.1, -0.05) is 91.0 Å². The molecule has 212 valence electrons. The third kappa shape index (κ3) is 4.59. The third-order valence-electron chi connectivity index (χ3n) is 8.52. The Labute approximate surface area is 250 Å². The Morgan fingerprint density at radius 2 is 1.30 bits per heavy atom. The Hall–Kier alpha value is -5.10. The molecule has 0 amide bonds. The van der Waals surface area contributed by atoms with E-state index in [-0.39, 0.29) is 5.56 Å². The predicted octanol–water partition coefficient (Wildman–Crippen LogP) is 7.88.